The van der Waals surface area contributed by atoms with Crippen molar-refractivity contribution >= 4 is 34.9 Å². The van der Waals surface area contributed by atoms with E-state index in [1.54, 1.807) is 24.3 Å². The monoisotopic (exact) mass is 324 g/mol. The lowest BCUT2D eigenvalue weighted by molar-refractivity contribution is 0.0601. The molecule has 0 radical (unpaired) electrons. The summed E-state index contributed by atoms with van der Waals surface area (Å²) >= 11 is 12.0. The minimum absolute atomic E-state index is 0.379. The number of carbonyl (C=O) groups excluding carboxylic acids is 1. The number of benzene rings is 1. The molecule has 1 aromatic carbocycles. The summed E-state index contributed by atoms with van der Waals surface area (Å²) in [5.41, 5.74) is 1.87. The highest BCUT2D eigenvalue weighted by Gasteiger charge is 2.15. The Bertz CT molecular complexity index is 662. The normalized spacial score (nSPS) is 10.3. The van der Waals surface area contributed by atoms with Crippen molar-refractivity contribution in [3.8, 4) is 0 Å². The van der Waals surface area contributed by atoms with Crippen LogP contribution >= 0.6 is 23.2 Å². The predicted molar refractivity (Wildman–Crippen MR) is 84.1 cm³/mol. The fourth-order valence-corrected chi connectivity index (χ4v) is 2.30. The van der Waals surface area contributed by atoms with Crippen molar-refractivity contribution in [2.24, 2.45) is 0 Å². The predicted octanol–water partition coefficient (Wildman–Crippen LogP) is 3.81. The zero-order chi connectivity index (χ0) is 15.4. The fraction of sp³-hybridized carbons (Fsp3) is 0.200. The van der Waals surface area contributed by atoms with Crippen LogP contribution in [-0.2, 0) is 11.3 Å². The fourth-order valence-electron chi connectivity index (χ4n) is 1.97. The highest BCUT2D eigenvalue weighted by molar-refractivity contribution is 6.32. The Labute approximate surface area is 133 Å². The molecule has 1 heterocycles. The summed E-state index contributed by atoms with van der Waals surface area (Å²) < 4.78 is 4.79. The van der Waals surface area contributed by atoms with Gasteiger partial charge in [-0.15, -0.1) is 0 Å². The quantitative estimate of drug-likeness (QED) is 0.633. The van der Waals surface area contributed by atoms with Crippen molar-refractivity contribution in [3.05, 3.63) is 57.8 Å². The van der Waals surface area contributed by atoms with Crippen LogP contribution in [0.25, 0.3) is 0 Å². The SMILES string of the molecule is COC(=O)c1ccccc1N(C)Cc1nc(Cl)ccc1Cl. The third-order valence-electron chi connectivity index (χ3n) is 2.99. The van der Waals surface area contributed by atoms with Gasteiger partial charge in [0.15, 0.2) is 0 Å². The van der Waals surface area contributed by atoms with E-state index in [2.05, 4.69) is 4.98 Å². The summed E-state index contributed by atoms with van der Waals surface area (Å²) in [4.78, 5) is 17.9. The molecular weight excluding hydrogens is 311 g/mol. The van der Waals surface area contributed by atoms with Crippen LogP contribution in [0.1, 0.15) is 16.1 Å². The van der Waals surface area contributed by atoms with Crippen LogP contribution in [0.2, 0.25) is 10.2 Å². The van der Waals surface area contributed by atoms with E-state index in [0.29, 0.717) is 28.0 Å². The summed E-state index contributed by atoms with van der Waals surface area (Å²) in [6, 6.07) is 10.5. The van der Waals surface area contributed by atoms with Crippen molar-refractivity contribution in [2.45, 2.75) is 6.54 Å². The van der Waals surface area contributed by atoms with Crippen LogP contribution in [0.3, 0.4) is 0 Å². The van der Waals surface area contributed by atoms with Gasteiger partial charge in [0, 0.05) is 7.05 Å². The van der Waals surface area contributed by atoms with Crippen LogP contribution in [0.5, 0.6) is 0 Å². The molecule has 0 aliphatic carbocycles. The number of pyridine rings is 1. The molecule has 0 N–H and O–H groups in total. The molecular formula is C15H14Cl2N2O2. The molecule has 0 unspecified atom stereocenters. The Morgan fingerprint density at radius 2 is 1.95 bits per heavy atom. The number of nitrogens with zero attached hydrogens (tertiary/aromatic N) is 2. The van der Waals surface area contributed by atoms with E-state index in [1.807, 2.05) is 24.1 Å². The van der Waals surface area contributed by atoms with Crippen molar-refractivity contribution in [2.75, 3.05) is 19.1 Å². The van der Waals surface area contributed by atoms with E-state index < -0.39 is 0 Å². The first-order valence-corrected chi connectivity index (χ1v) is 6.98. The second-order valence-electron chi connectivity index (χ2n) is 4.43. The van der Waals surface area contributed by atoms with Gasteiger partial charge < -0.3 is 9.64 Å². The van der Waals surface area contributed by atoms with E-state index in [9.17, 15) is 4.79 Å². The molecule has 0 aliphatic heterocycles. The smallest absolute Gasteiger partial charge is 0.339 e. The Hall–Kier alpha value is -1.78. The number of esters is 1. The van der Waals surface area contributed by atoms with Gasteiger partial charge in [-0.2, -0.15) is 0 Å². The molecule has 1 aromatic heterocycles. The van der Waals surface area contributed by atoms with Crippen molar-refractivity contribution in [1.29, 1.82) is 0 Å². The summed E-state index contributed by atoms with van der Waals surface area (Å²) in [6.45, 7) is 0.424. The Morgan fingerprint density at radius 3 is 2.67 bits per heavy atom. The molecule has 4 nitrogen and oxygen atoms in total. The molecule has 6 heteroatoms. The molecule has 0 saturated heterocycles. The van der Waals surface area contributed by atoms with Crippen molar-refractivity contribution in [3.63, 3.8) is 0 Å². The standard InChI is InChI=1S/C15H14Cl2N2O2/c1-19(9-12-11(16)7-8-14(17)18-12)13-6-4-3-5-10(13)15(20)21-2/h3-8H,9H2,1-2H3. The Kier molecular flexibility index (Phi) is 5.04. The van der Waals surface area contributed by atoms with E-state index in [0.717, 1.165) is 5.69 Å². The maximum Gasteiger partial charge on any atom is 0.339 e. The highest BCUT2D eigenvalue weighted by atomic mass is 35.5. The van der Waals surface area contributed by atoms with Gasteiger partial charge in [-0.1, -0.05) is 35.3 Å². The molecule has 0 spiro atoms. The van der Waals surface area contributed by atoms with E-state index in [1.165, 1.54) is 7.11 Å². The second kappa shape index (κ2) is 6.78. The van der Waals surface area contributed by atoms with Gasteiger partial charge in [-0.3, -0.25) is 0 Å². The number of methoxy groups -OCH3 is 1. The Balaban J connectivity index is 2.30. The maximum absolute atomic E-state index is 11.8. The summed E-state index contributed by atoms with van der Waals surface area (Å²) in [5, 5.41) is 0.908. The molecule has 2 aromatic rings. The molecule has 0 fully saturated rings. The third-order valence-corrected chi connectivity index (χ3v) is 3.55. The lowest BCUT2D eigenvalue weighted by Gasteiger charge is -2.21. The van der Waals surface area contributed by atoms with Gasteiger partial charge in [0.1, 0.15) is 5.15 Å². The van der Waals surface area contributed by atoms with Gasteiger partial charge in [0.25, 0.3) is 0 Å². The zero-order valence-corrected chi connectivity index (χ0v) is 13.1. The van der Waals surface area contributed by atoms with Crippen LogP contribution in [0.15, 0.2) is 36.4 Å². The lowest BCUT2D eigenvalue weighted by Crippen LogP contribution is -2.20. The lowest BCUT2D eigenvalue weighted by atomic mass is 10.1. The summed E-state index contributed by atoms with van der Waals surface area (Å²) in [6.07, 6.45) is 0. The average molecular weight is 325 g/mol. The molecule has 2 rings (SSSR count). The molecule has 21 heavy (non-hydrogen) atoms. The first-order valence-electron chi connectivity index (χ1n) is 6.22. The summed E-state index contributed by atoms with van der Waals surface area (Å²) in [5.74, 6) is -0.386. The zero-order valence-electron chi connectivity index (χ0n) is 11.6. The van der Waals surface area contributed by atoms with E-state index in [4.69, 9.17) is 27.9 Å². The van der Waals surface area contributed by atoms with Gasteiger partial charge in [0.2, 0.25) is 0 Å². The van der Waals surface area contributed by atoms with Crippen LogP contribution in [-0.4, -0.2) is 25.1 Å². The van der Waals surface area contributed by atoms with E-state index in [-0.39, 0.29) is 5.97 Å². The number of anilines is 1. The van der Waals surface area contributed by atoms with Crippen molar-refractivity contribution in [1.82, 2.24) is 4.98 Å². The number of para-hydroxylation sites is 1. The second-order valence-corrected chi connectivity index (χ2v) is 5.22. The van der Waals surface area contributed by atoms with Gasteiger partial charge in [-0.25, -0.2) is 9.78 Å². The largest absolute Gasteiger partial charge is 0.465 e. The number of hydrogen-bond donors (Lipinski definition) is 0. The van der Waals surface area contributed by atoms with Crippen LogP contribution in [0.4, 0.5) is 5.69 Å². The number of rotatable bonds is 4. The molecule has 110 valence electrons. The van der Waals surface area contributed by atoms with Gasteiger partial charge in [-0.05, 0) is 24.3 Å². The minimum Gasteiger partial charge on any atom is -0.465 e. The van der Waals surface area contributed by atoms with E-state index >= 15 is 0 Å². The third kappa shape index (κ3) is 3.65. The highest BCUT2D eigenvalue weighted by Crippen LogP contribution is 2.24. The minimum atomic E-state index is -0.386. The maximum atomic E-state index is 11.8. The average Bonchev–Trinajstić information content (AvgIpc) is 2.50. The first kappa shape index (κ1) is 15.6. The topological polar surface area (TPSA) is 42.4 Å². The summed E-state index contributed by atoms with van der Waals surface area (Å²) in [7, 11) is 3.20. The molecule has 0 atom stereocenters. The number of carbonyl (C=O) groups is 1. The van der Waals surface area contributed by atoms with Gasteiger partial charge in [0.05, 0.1) is 35.6 Å². The molecule has 0 amide bonds. The van der Waals surface area contributed by atoms with Gasteiger partial charge >= 0.3 is 5.97 Å². The number of halogens is 2. The Morgan fingerprint density at radius 1 is 1.24 bits per heavy atom. The molecule has 0 bridgehead atoms. The van der Waals surface area contributed by atoms with Crippen LogP contribution < -0.4 is 4.90 Å². The number of ether oxygens (including phenoxy) is 1. The van der Waals surface area contributed by atoms with Crippen molar-refractivity contribution < 1.29 is 9.53 Å². The molecule has 0 saturated carbocycles. The number of aromatic nitrogens is 1. The molecule has 0 aliphatic rings. The number of hydrogen-bond acceptors (Lipinski definition) is 4. The van der Waals surface area contributed by atoms with Crippen LogP contribution in [0, 0.1) is 0 Å². The first-order chi connectivity index (χ1) is 10.0.